The first-order valence-electron chi connectivity index (χ1n) is 23.3. The van der Waals surface area contributed by atoms with Gasteiger partial charge in [-0.1, -0.05) is 0 Å². The predicted molar refractivity (Wildman–Crippen MR) is 278 cm³/mol. The van der Waals surface area contributed by atoms with E-state index in [4.69, 9.17) is 0 Å². The van der Waals surface area contributed by atoms with E-state index in [1.54, 1.807) is 0 Å². The molecule has 14 aromatic heterocycles. The summed E-state index contributed by atoms with van der Waals surface area (Å²) in [7, 11) is 0. The number of H-pyrrole nitrogens is 12. The highest BCUT2D eigenvalue weighted by atomic mass is 15.3. The molecule has 0 saturated carbocycles. The average molecular weight is 1140 g/mol. The number of aromatic nitrogens is 48. The summed E-state index contributed by atoms with van der Waals surface area (Å²) in [6, 6.07) is 0. The maximum atomic E-state index is 4.56. The van der Waals surface area contributed by atoms with Gasteiger partial charge in [-0.3, -0.25) is 65.1 Å². The molecule has 0 aromatic carbocycles. The van der Waals surface area contributed by atoms with Gasteiger partial charge in [0.05, 0.1) is 0 Å². The minimum absolute atomic E-state index is 0.0138. The molecule has 0 spiro atoms. The normalized spacial score (nSPS) is 11.1. The van der Waals surface area contributed by atoms with Gasteiger partial charge in [0.15, 0.2) is 0 Å². The second-order valence-electron chi connectivity index (χ2n) is 15.6. The quantitative estimate of drug-likeness (QED) is 0.0854. The Bertz CT molecular complexity index is 4840. The molecule has 0 radical (unpaired) electrons. The van der Waals surface area contributed by atoms with E-state index in [0.29, 0.717) is 0 Å². The third-order valence-corrected chi connectivity index (χ3v) is 9.90. The number of hydrogen-bond acceptors (Lipinski definition) is 37. The van der Waals surface area contributed by atoms with Crippen LogP contribution in [0.4, 0.5) is 11.9 Å². The van der Waals surface area contributed by atoms with Gasteiger partial charge < -0.3 is 0 Å². The summed E-state index contributed by atoms with van der Waals surface area (Å²) < 4.78 is 0. The SMILES string of the molecule is c1nc2nc(n1)[nH]c1ncnc(n1)[nH]c1ncnc(n1)[nH]c1nc(Nc3nc4nc(n3)[nH]c3ncnc(n3)[nH]c3ncnc(n3)[nH]c3ncnc(n3)[nH]c3ncnc(n3)[nH]c3ncnc(n3)[nH]4)nc(n1)[nH]c1ncnc(n1)[nH]c1ncnc(n1)[nH]2. The third-order valence-electron chi connectivity index (χ3n) is 9.90. The van der Waals surface area contributed by atoms with Crippen LogP contribution in [0.15, 0.2) is 63.3 Å². The Morgan fingerprint density at radius 3 is 0.376 bits per heavy atom. The molecule has 49 nitrogen and oxygen atoms in total. The lowest BCUT2D eigenvalue weighted by atomic mass is 10.8. The Kier molecular flexibility index (Phi) is 12.5. The Hall–Kier alpha value is -14.5. The van der Waals surface area contributed by atoms with Gasteiger partial charge >= 0.3 is 0 Å². The van der Waals surface area contributed by atoms with Crippen LogP contribution in [0.3, 0.4) is 0 Å². The van der Waals surface area contributed by atoms with Crippen molar-refractivity contribution in [1.29, 1.82) is 0 Å². The van der Waals surface area contributed by atoms with E-state index >= 15 is 0 Å². The lowest BCUT2D eigenvalue weighted by molar-refractivity contribution is 1.02. The topological polar surface area (TPSA) is 666 Å². The molecule has 14 rings (SSSR count). The van der Waals surface area contributed by atoms with Gasteiger partial charge in [0.2, 0.25) is 151 Å². The number of anilines is 2. The lowest BCUT2D eigenvalue weighted by Crippen LogP contribution is -2.06. The Morgan fingerprint density at radius 1 is 0.141 bits per heavy atom. The van der Waals surface area contributed by atoms with E-state index in [1.165, 1.54) is 63.3 Å². The van der Waals surface area contributed by atoms with Crippen molar-refractivity contribution in [2.24, 2.45) is 0 Å². The number of nitrogens with one attached hydrogen (secondary N) is 13. The van der Waals surface area contributed by atoms with Crippen LogP contribution in [0.5, 0.6) is 0 Å². The molecule has 24 bridgehead atoms. The van der Waals surface area contributed by atoms with E-state index < -0.39 is 0 Å². The predicted octanol–water partition coefficient (Wildman–Crippen LogP) is -2.45. The van der Waals surface area contributed by atoms with Crippen LogP contribution < -0.4 is 5.32 Å². The monoisotopic (exact) mass is 1140 g/mol. The minimum atomic E-state index is -0.201. The van der Waals surface area contributed by atoms with Crippen molar-refractivity contribution < 1.29 is 0 Å². The maximum Gasteiger partial charge on any atom is 0.236 e. The van der Waals surface area contributed by atoms with Crippen LogP contribution in [0.2, 0.25) is 0 Å². The standard InChI is InChI=1S/C36H23N49/c1-37-11-57-12(38-1)60-16-42-4-46-20(64-16)68-24-50-8-54-28(72-24)76-32-79-31(75-27-53-7-49-23(71-27)67-19-45-3-41-15(59-11)63-19)81-35(82-32)85-36-83-33-77-29-55-9-51-25(73-29)69-21-47-5-43-17(65-21)61-13-39-2-40-14(58-13)62-18-44-6-48-22(66-18)70-26-52-10-56-30(74-26)78-34(80-33)84-36/h1-10H,(H13,37,38,39,40,41,42,43,44,45,46,47,48,49,50,51,52,53,54,55,56,57,58,59,60,61,62,63,64,65,66,67,68,69,70,71,72,73,74,75,76,77,78,79,80,81,82,83,84,85). The van der Waals surface area contributed by atoms with Crippen LogP contribution in [0.1, 0.15) is 0 Å². The molecule has 0 amide bonds. The molecule has 0 aliphatic heterocycles. The van der Waals surface area contributed by atoms with Gasteiger partial charge in [0.1, 0.15) is 63.3 Å². The fraction of sp³-hybridized carbons (Fsp3) is 0. The first-order chi connectivity index (χ1) is 41.8. The molecule has 85 heavy (non-hydrogen) atoms. The smallest absolute Gasteiger partial charge is 0.236 e. The van der Waals surface area contributed by atoms with Crippen LogP contribution in [0.25, 0.3) is 139 Å². The lowest BCUT2D eigenvalue weighted by Gasteiger charge is -2.03. The summed E-state index contributed by atoms with van der Waals surface area (Å²) in [5.41, 5.74) is 0. The van der Waals surface area contributed by atoms with Crippen molar-refractivity contribution in [3.8, 4) is 0 Å². The Morgan fingerprint density at radius 2 is 0.247 bits per heavy atom. The molecule has 13 N–H and O–H groups in total. The Labute approximate surface area is 457 Å². The molecule has 14 aromatic rings. The van der Waals surface area contributed by atoms with Gasteiger partial charge in [-0.25, -0.2) is 99.7 Å². The second-order valence-corrected chi connectivity index (χ2v) is 15.6. The van der Waals surface area contributed by atoms with Crippen molar-refractivity contribution >= 4 is 151 Å². The first kappa shape index (κ1) is 48.9. The highest BCUT2D eigenvalue weighted by molar-refractivity contribution is 5.56. The largest absolute Gasteiger partial charge is 0.292 e. The molecule has 0 fully saturated rings. The summed E-state index contributed by atoms with van der Waals surface area (Å²) in [4.78, 5) is 190. The van der Waals surface area contributed by atoms with Crippen molar-refractivity contribution in [2.45, 2.75) is 0 Å². The van der Waals surface area contributed by atoms with Gasteiger partial charge in [0, 0.05) is 0 Å². The van der Waals surface area contributed by atoms with Crippen LogP contribution in [0, 0.1) is 0 Å². The summed E-state index contributed by atoms with van der Waals surface area (Å²) in [6.45, 7) is 0. The van der Waals surface area contributed by atoms with Gasteiger partial charge in [0.25, 0.3) is 0 Å². The summed E-state index contributed by atoms with van der Waals surface area (Å²) in [5.74, 6) is -0.894. The van der Waals surface area contributed by atoms with Gasteiger partial charge in [-0.2, -0.15) is 79.7 Å². The number of nitrogens with zero attached hydrogens (tertiary/aromatic N) is 36. The summed E-state index contributed by atoms with van der Waals surface area (Å²) >= 11 is 0. The number of aromatic amines is 12. The number of rotatable bonds is 2. The van der Waals surface area contributed by atoms with Crippen LogP contribution in [-0.4, -0.2) is 239 Å². The van der Waals surface area contributed by atoms with E-state index in [2.05, 4.69) is 245 Å². The molecule has 0 unspecified atom stereocenters. The first-order valence-corrected chi connectivity index (χ1v) is 23.3. The summed E-state index contributed by atoms with van der Waals surface area (Å²) in [6.07, 6.45) is 12.2. The number of fused-ring (bicyclic) bond motifs is 24. The minimum Gasteiger partial charge on any atom is -0.292 e. The molecular formula is C36H23N49. The van der Waals surface area contributed by atoms with Gasteiger partial charge in [-0.05, 0) is 0 Å². The van der Waals surface area contributed by atoms with E-state index in [1.807, 2.05) is 0 Å². The molecule has 14 heterocycles. The maximum absolute atomic E-state index is 4.56. The van der Waals surface area contributed by atoms with Crippen molar-refractivity contribution in [3.63, 3.8) is 0 Å². The van der Waals surface area contributed by atoms with E-state index in [-0.39, 0.29) is 151 Å². The molecule has 49 heteroatoms. The van der Waals surface area contributed by atoms with Crippen molar-refractivity contribution in [3.05, 3.63) is 63.3 Å². The molecule has 412 valence electrons. The molecule has 0 saturated heterocycles. The van der Waals surface area contributed by atoms with Crippen LogP contribution in [-0.2, 0) is 0 Å². The molecule has 0 aliphatic rings. The third kappa shape index (κ3) is 12.1. The van der Waals surface area contributed by atoms with E-state index in [0.717, 1.165) is 0 Å². The fourth-order valence-electron chi connectivity index (χ4n) is 6.55. The second kappa shape index (κ2) is 21.7. The Balaban J connectivity index is 0.960. The zero-order chi connectivity index (χ0) is 56.7. The van der Waals surface area contributed by atoms with E-state index in [9.17, 15) is 0 Å². The number of hydrogen-bond donors (Lipinski definition) is 13. The van der Waals surface area contributed by atoms with Crippen molar-refractivity contribution in [1.82, 2.24) is 239 Å². The molecule has 0 atom stereocenters. The molecular weight excluding hydrogens is 1120 g/mol. The average Bonchev–Trinajstić information content (AvgIpc) is 3.64. The fourth-order valence-corrected chi connectivity index (χ4v) is 6.55. The zero-order valence-corrected chi connectivity index (χ0v) is 41.4. The zero-order valence-electron chi connectivity index (χ0n) is 41.4. The highest BCUT2D eigenvalue weighted by Gasteiger charge is 2.08. The van der Waals surface area contributed by atoms with Gasteiger partial charge in [-0.15, -0.1) is 0 Å². The molecule has 0 aliphatic carbocycles. The summed E-state index contributed by atoms with van der Waals surface area (Å²) in [5, 5.41) is 2.97. The van der Waals surface area contributed by atoms with Crippen LogP contribution >= 0.6 is 0 Å². The highest BCUT2D eigenvalue weighted by Crippen LogP contribution is 2.10. The van der Waals surface area contributed by atoms with Crippen molar-refractivity contribution in [2.75, 3.05) is 5.32 Å².